The molecule has 0 amide bonds. The van der Waals surface area contributed by atoms with Crippen LogP contribution in [0.4, 0.5) is 5.82 Å². The fourth-order valence-corrected chi connectivity index (χ4v) is 2.16. The average Bonchev–Trinajstić information content (AvgIpc) is 2.97. The number of hydrogen-bond donors (Lipinski definition) is 3. The molecule has 16 heavy (non-hydrogen) atoms. The van der Waals surface area contributed by atoms with E-state index in [0.717, 1.165) is 29.9 Å². The first-order valence-electron chi connectivity index (χ1n) is 5.69. The molecule has 3 heterocycles. The summed E-state index contributed by atoms with van der Waals surface area (Å²) in [6, 6.07) is 2.57. The molecule has 0 unspecified atom stereocenters. The fraction of sp³-hybridized carbons (Fsp3) is 0.455. The van der Waals surface area contributed by atoms with E-state index in [1.807, 2.05) is 12.3 Å². The molecule has 1 aliphatic heterocycles. The number of anilines is 1. The van der Waals surface area contributed by atoms with Crippen LogP contribution >= 0.6 is 0 Å². The molecular weight excluding hydrogens is 202 g/mol. The highest BCUT2D eigenvalue weighted by molar-refractivity contribution is 5.86. The van der Waals surface area contributed by atoms with E-state index in [9.17, 15) is 0 Å². The zero-order chi connectivity index (χ0) is 10.8. The van der Waals surface area contributed by atoms with Crippen LogP contribution in [0.15, 0.2) is 18.6 Å². The van der Waals surface area contributed by atoms with E-state index >= 15 is 0 Å². The lowest BCUT2D eigenvalue weighted by Gasteiger charge is -2.12. The minimum atomic E-state index is 0.573. The summed E-state index contributed by atoms with van der Waals surface area (Å²) in [6.07, 6.45) is 5.99. The first-order valence-corrected chi connectivity index (χ1v) is 5.69. The lowest BCUT2D eigenvalue weighted by atomic mass is 10.2. The highest BCUT2D eigenvalue weighted by Crippen LogP contribution is 2.17. The second kappa shape index (κ2) is 4.09. The number of fused-ring (bicyclic) bond motifs is 1. The number of aromatic amines is 1. The SMILES string of the molecule is c1nc(NC[C@@H]2CCCN2)c2cc[nH]c2n1. The largest absolute Gasteiger partial charge is 0.368 e. The van der Waals surface area contributed by atoms with Crippen LogP contribution in [0, 0.1) is 0 Å². The van der Waals surface area contributed by atoms with E-state index < -0.39 is 0 Å². The van der Waals surface area contributed by atoms with E-state index in [1.54, 1.807) is 6.33 Å². The van der Waals surface area contributed by atoms with Crippen LogP contribution in [-0.2, 0) is 0 Å². The summed E-state index contributed by atoms with van der Waals surface area (Å²) in [6.45, 7) is 2.06. The van der Waals surface area contributed by atoms with Crippen LogP contribution in [0.5, 0.6) is 0 Å². The monoisotopic (exact) mass is 217 g/mol. The highest BCUT2D eigenvalue weighted by Gasteiger charge is 2.14. The third-order valence-corrected chi connectivity index (χ3v) is 3.03. The van der Waals surface area contributed by atoms with Gasteiger partial charge in [0.25, 0.3) is 0 Å². The van der Waals surface area contributed by atoms with Crippen molar-refractivity contribution in [3.8, 4) is 0 Å². The summed E-state index contributed by atoms with van der Waals surface area (Å²) >= 11 is 0. The van der Waals surface area contributed by atoms with Gasteiger partial charge in [-0.2, -0.15) is 0 Å². The number of nitrogens with zero attached hydrogens (tertiary/aromatic N) is 2. The Morgan fingerprint density at radius 3 is 3.31 bits per heavy atom. The molecule has 2 aromatic rings. The Hall–Kier alpha value is -1.62. The maximum absolute atomic E-state index is 4.27. The number of H-pyrrole nitrogens is 1. The molecule has 0 aromatic carbocycles. The van der Waals surface area contributed by atoms with Gasteiger partial charge in [0, 0.05) is 18.8 Å². The summed E-state index contributed by atoms with van der Waals surface area (Å²) < 4.78 is 0. The predicted molar refractivity (Wildman–Crippen MR) is 63.4 cm³/mol. The van der Waals surface area contributed by atoms with Crippen molar-refractivity contribution in [2.45, 2.75) is 18.9 Å². The molecule has 0 spiro atoms. The summed E-state index contributed by atoms with van der Waals surface area (Å²) in [4.78, 5) is 11.5. The molecule has 2 aromatic heterocycles. The molecule has 0 radical (unpaired) electrons. The third kappa shape index (κ3) is 1.74. The van der Waals surface area contributed by atoms with Crippen LogP contribution in [0.3, 0.4) is 0 Å². The van der Waals surface area contributed by atoms with Gasteiger partial charge in [0.1, 0.15) is 17.8 Å². The van der Waals surface area contributed by atoms with Crippen molar-refractivity contribution in [1.29, 1.82) is 0 Å². The van der Waals surface area contributed by atoms with Gasteiger partial charge in [0.05, 0.1) is 5.39 Å². The molecule has 5 heteroatoms. The second-order valence-corrected chi connectivity index (χ2v) is 4.14. The third-order valence-electron chi connectivity index (χ3n) is 3.03. The minimum absolute atomic E-state index is 0.573. The van der Waals surface area contributed by atoms with Crippen LogP contribution in [0.1, 0.15) is 12.8 Å². The van der Waals surface area contributed by atoms with Crippen LogP contribution in [-0.4, -0.2) is 34.1 Å². The highest BCUT2D eigenvalue weighted by atomic mass is 15.1. The molecule has 1 fully saturated rings. The van der Waals surface area contributed by atoms with Crippen molar-refractivity contribution in [3.63, 3.8) is 0 Å². The zero-order valence-electron chi connectivity index (χ0n) is 9.03. The van der Waals surface area contributed by atoms with Gasteiger partial charge in [0.2, 0.25) is 0 Å². The van der Waals surface area contributed by atoms with Crippen LogP contribution < -0.4 is 10.6 Å². The topological polar surface area (TPSA) is 65.6 Å². The number of hydrogen-bond acceptors (Lipinski definition) is 4. The normalized spacial score (nSPS) is 20.4. The molecule has 84 valence electrons. The summed E-state index contributed by atoms with van der Waals surface area (Å²) in [5.74, 6) is 0.917. The zero-order valence-corrected chi connectivity index (χ0v) is 9.03. The molecular formula is C11H15N5. The van der Waals surface area contributed by atoms with Crippen molar-refractivity contribution in [2.24, 2.45) is 0 Å². The Labute approximate surface area is 93.7 Å². The molecule has 0 bridgehead atoms. The van der Waals surface area contributed by atoms with Gasteiger partial charge in [0.15, 0.2) is 0 Å². The maximum atomic E-state index is 4.27. The van der Waals surface area contributed by atoms with Crippen molar-refractivity contribution in [3.05, 3.63) is 18.6 Å². The second-order valence-electron chi connectivity index (χ2n) is 4.14. The first kappa shape index (κ1) is 9.59. The minimum Gasteiger partial charge on any atom is -0.368 e. The van der Waals surface area contributed by atoms with Crippen molar-refractivity contribution < 1.29 is 0 Å². The number of rotatable bonds is 3. The quantitative estimate of drug-likeness (QED) is 0.721. The van der Waals surface area contributed by atoms with E-state index in [2.05, 4.69) is 25.6 Å². The molecule has 5 nitrogen and oxygen atoms in total. The van der Waals surface area contributed by atoms with Crippen molar-refractivity contribution in [2.75, 3.05) is 18.4 Å². The molecule has 3 rings (SSSR count). The summed E-state index contributed by atoms with van der Waals surface area (Å²) in [7, 11) is 0. The van der Waals surface area contributed by atoms with Crippen molar-refractivity contribution >= 4 is 16.9 Å². The fourth-order valence-electron chi connectivity index (χ4n) is 2.16. The lowest BCUT2D eigenvalue weighted by Crippen LogP contribution is -2.29. The lowest BCUT2D eigenvalue weighted by molar-refractivity contribution is 0.633. The summed E-state index contributed by atoms with van der Waals surface area (Å²) in [5, 5.41) is 7.89. The van der Waals surface area contributed by atoms with E-state index in [1.165, 1.54) is 12.8 Å². The number of nitrogens with one attached hydrogen (secondary N) is 3. The molecule has 1 atom stereocenters. The van der Waals surface area contributed by atoms with E-state index in [0.29, 0.717) is 6.04 Å². The molecule has 0 aliphatic carbocycles. The van der Waals surface area contributed by atoms with Gasteiger partial charge in [-0.05, 0) is 25.5 Å². The van der Waals surface area contributed by atoms with E-state index in [4.69, 9.17) is 0 Å². The molecule has 1 aliphatic rings. The Bertz CT molecular complexity index is 472. The van der Waals surface area contributed by atoms with Gasteiger partial charge < -0.3 is 15.6 Å². The Morgan fingerprint density at radius 2 is 2.44 bits per heavy atom. The van der Waals surface area contributed by atoms with Gasteiger partial charge in [-0.3, -0.25) is 0 Å². The van der Waals surface area contributed by atoms with Crippen molar-refractivity contribution in [1.82, 2.24) is 20.3 Å². The van der Waals surface area contributed by atoms with E-state index in [-0.39, 0.29) is 0 Å². The standard InChI is InChI=1S/C11H15N5/c1-2-8(12-4-1)6-14-11-9-3-5-13-10(9)15-7-16-11/h3,5,7-8,12H,1-2,4,6H2,(H2,13,14,15,16)/t8-/m0/s1. The molecule has 1 saturated heterocycles. The Morgan fingerprint density at radius 1 is 1.44 bits per heavy atom. The van der Waals surface area contributed by atoms with Gasteiger partial charge >= 0.3 is 0 Å². The summed E-state index contributed by atoms with van der Waals surface area (Å²) in [5.41, 5.74) is 0.886. The van der Waals surface area contributed by atoms with Crippen LogP contribution in [0.2, 0.25) is 0 Å². The maximum Gasteiger partial charge on any atom is 0.142 e. The first-order chi connectivity index (χ1) is 7.93. The van der Waals surface area contributed by atoms with Gasteiger partial charge in [-0.1, -0.05) is 0 Å². The Kier molecular flexibility index (Phi) is 2.46. The molecule has 3 N–H and O–H groups in total. The van der Waals surface area contributed by atoms with Gasteiger partial charge in [-0.25, -0.2) is 9.97 Å². The average molecular weight is 217 g/mol. The predicted octanol–water partition coefficient (Wildman–Crippen LogP) is 1.12. The smallest absolute Gasteiger partial charge is 0.142 e. The number of aromatic nitrogens is 3. The molecule has 0 saturated carbocycles. The van der Waals surface area contributed by atoms with Crippen LogP contribution in [0.25, 0.3) is 11.0 Å². The Balaban J connectivity index is 1.75. The van der Waals surface area contributed by atoms with Gasteiger partial charge in [-0.15, -0.1) is 0 Å².